The summed E-state index contributed by atoms with van der Waals surface area (Å²) in [6, 6.07) is 11.7. The number of hydrogen-bond acceptors (Lipinski definition) is 5. The molecule has 0 saturated carbocycles. The van der Waals surface area contributed by atoms with Crippen LogP contribution in [-0.4, -0.2) is 96.6 Å². The zero-order valence-electron chi connectivity index (χ0n) is 26.0. The molecule has 45 heavy (non-hydrogen) atoms. The van der Waals surface area contributed by atoms with E-state index in [1.165, 1.54) is 31.1 Å². The average molecular weight is 647 g/mol. The van der Waals surface area contributed by atoms with Crippen molar-refractivity contribution < 1.29 is 18.0 Å². The summed E-state index contributed by atoms with van der Waals surface area (Å²) in [5.74, 6) is 0.193. The molecule has 0 aromatic heterocycles. The Bertz CT molecular complexity index is 1320. The fourth-order valence-corrected chi connectivity index (χ4v) is 7.96. The van der Waals surface area contributed by atoms with Crippen LogP contribution in [0.15, 0.2) is 36.4 Å². The maximum Gasteiger partial charge on any atom is 0.418 e. The monoisotopic (exact) mass is 646 g/mol. The minimum atomic E-state index is -4.55. The topological polar surface area (TPSA) is 68.1 Å². The van der Waals surface area contributed by atoms with E-state index in [2.05, 4.69) is 26.1 Å². The molecular weight excluding hydrogens is 601 g/mol. The molecule has 2 aromatic carbocycles. The number of piperidine rings is 2. The molecule has 6 rings (SSSR count). The lowest BCUT2D eigenvalue weighted by molar-refractivity contribution is -0.137. The summed E-state index contributed by atoms with van der Waals surface area (Å²) in [6.07, 6.45) is 3.15. The number of alkyl halides is 3. The Morgan fingerprint density at radius 1 is 0.933 bits per heavy atom. The number of fused-ring (bicyclic) bond motifs is 1. The third-order valence-corrected chi connectivity index (χ3v) is 10.8. The fourth-order valence-electron chi connectivity index (χ4n) is 7.71. The fraction of sp³-hybridized carbons (Fsp3) is 0.618. The van der Waals surface area contributed by atoms with Crippen molar-refractivity contribution >= 4 is 29.0 Å². The van der Waals surface area contributed by atoms with Gasteiger partial charge >= 0.3 is 12.2 Å². The van der Waals surface area contributed by atoms with Crippen LogP contribution in [0.1, 0.15) is 55.2 Å². The zero-order valence-corrected chi connectivity index (χ0v) is 26.8. The van der Waals surface area contributed by atoms with Crippen LogP contribution in [0.4, 0.5) is 29.3 Å². The van der Waals surface area contributed by atoms with E-state index in [0.717, 1.165) is 83.5 Å². The van der Waals surface area contributed by atoms with Gasteiger partial charge in [0.25, 0.3) is 0 Å². The van der Waals surface area contributed by atoms with Crippen LogP contribution in [0.25, 0.3) is 0 Å². The van der Waals surface area contributed by atoms with E-state index in [0.29, 0.717) is 24.6 Å². The highest BCUT2D eigenvalue weighted by Crippen LogP contribution is 2.38. The van der Waals surface area contributed by atoms with Gasteiger partial charge in [0.05, 0.1) is 16.3 Å². The van der Waals surface area contributed by atoms with Gasteiger partial charge in [-0.05, 0) is 119 Å². The lowest BCUT2D eigenvalue weighted by Crippen LogP contribution is -2.51. The Morgan fingerprint density at radius 2 is 1.62 bits per heavy atom. The molecule has 1 atom stereocenters. The van der Waals surface area contributed by atoms with E-state index in [-0.39, 0.29) is 23.0 Å². The number of rotatable bonds is 9. The number of nitrogens with two attached hydrogens (primary N) is 1. The number of para-hydroxylation sites is 1. The smallest absolute Gasteiger partial charge is 0.397 e. The Labute approximate surface area is 269 Å². The number of urea groups is 1. The zero-order chi connectivity index (χ0) is 31.6. The number of hydrogen-bond donors (Lipinski definition) is 2. The third-order valence-electron chi connectivity index (χ3n) is 10.5. The third kappa shape index (κ3) is 7.89. The van der Waals surface area contributed by atoms with Gasteiger partial charge < -0.3 is 30.7 Å². The molecule has 0 radical (unpaired) electrons. The van der Waals surface area contributed by atoms with Gasteiger partial charge in [-0.3, -0.25) is 0 Å². The van der Waals surface area contributed by atoms with Gasteiger partial charge in [-0.2, -0.15) is 13.2 Å². The molecule has 2 aromatic rings. The number of benzene rings is 2. The molecule has 0 bridgehead atoms. The van der Waals surface area contributed by atoms with Crippen molar-refractivity contribution in [2.45, 2.75) is 69.6 Å². The van der Waals surface area contributed by atoms with E-state index in [9.17, 15) is 18.0 Å². The van der Waals surface area contributed by atoms with Crippen LogP contribution in [-0.2, 0) is 19.0 Å². The van der Waals surface area contributed by atoms with Gasteiger partial charge in [-0.1, -0.05) is 29.8 Å². The first-order valence-corrected chi connectivity index (χ1v) is 17.0. The molecule has 4 heterocycles. The van der Waals surface area contributed by atoms with Crippen molar-refractivity contribution in [1.82, 2.24) is 19.6 Å². The molecule has 4 aliphatic heterocycles. The average Bonchev–Trinajstić information content (AvgIpc) is 3.15. The summed E-state index contributed by atoms with van der Waals surface area (Å²) in [4.78, 5) is 22.6. The van der Waals surface area contributed by atoms with Gasteiger partial charge in [-0.15, -0.1) is 0 Å². The molecular formula is C34H46ClF3N6O. The molecule has 3 fully saturated rings. The van der Waals surface area contributed by atoms with E-state index >= 15 is 0 Å². The molecule has 0 spiro atoms. The number of halogens is 4. The Kier molecular flexibility index (Phi) is 10.1. The van der Waals surface area contributed by atoms with E-state index in [1.54, 1.807) is 6.07 Å². The molecule has 246 valence electrons. The van der Waals surface area contributed by atoms with E-state index in [4.69, 9.17) is 17.3 Å². The molecule has 3 saturated heterocycles. The highest BCUT2D eigenvalue weighted by atomic mass is 35.5. The first-order valence-electron chi connectivity index (χ1n) is 16.6. The van der Waals surface area contributed by atoms with E-state index < -0.39 is 17.4 Å². The molecule has 11 heteroatoms. The number of anilines is 2. The summed E-state index contributed by atoms with van der Waals surface area (Å²) >= 11 is 6.21. The normalized spacial score (nSPS) is 22.0. The van der Waals surface area contributed by atoms with Crippen molar-refractivity contribution in [2.75, 3.05) is 70.0 Å². The molecule has 3 N–H and O–H groups in total. The van der Waals surface area contributed by atoms with Gasteiger partial charge in [0.2, 0.25) is 0 Å². The first kappa shape index (κ1) is 32.4. The van der Waals surface area contributed by atoms with Gasteiger partial charge in [0, 0.05) is 44.0 Å². The van der Waals surface area contributed by atoms with Crippen LogP contribution in [0.5, 0.6) is 0 Å². The van der Waals surface area contributed by atoms with Crippen LogP contribution in [0.3, 0.4) is 0 Å². The predicted molar refractivity (Wildman–Crippen MR) is 174 cm³/mol. The minimum Gasteiger partial charge on any atom is -0.397 e. The van der Waals surface area contributed by atoms with Crippen molar-refractivity contribution in [3.8, 4) is 0 Å². The second-order valence-corrected chi connectivity index (χ2v) is 13.8. The maximum atomic E-state index is 13.7. The largest absolute Gasteiger partial charge is 0.418 e. The van der Waals surface area contributed by atoms with Gasteiger partial charge in [-0.25, -0.2) is 4.79 Å². The Hall–Kier alpha value is -2.53. The number of likely N-dealkylation sites (tertiary alicyclic amines) is 3. The molecule has 0 aliphatic carbocycles. The summed E-state index contributed by atoms with van der Waals surface area (Å²) < 4.78 is 41.2. The molecule has 1 unspecified atom stereocenters. The summed E-state index contributed by atoms with van der Waals surface area (Å²) in [5, 5.41) is 3.07. The Morgan fingerprint density at radius 3 is 2.31 bits per heavy atom. The van der Waals surface area contributed by atoms with Crippen LogP contribution >= 0.6 is 11.6 Å². The standard InChI is InChI=1S/C34H46ClF3N6O/c35-30-22-25(21-29(32(30)39)34(36,37)38)20-24(23-42-17-8-27(9-18-42)43-12-3-13-43)6-14-41-15-10-28(11-16-41)44-19-7-26-4-1-2-5-31(26)40-33(44)45/h1-2,4-5,21-22,24,27-28H,3,6-20,23,39H2,(H,40,45). The summed E-state index contributed by atoms with van der Waals surface area (Å²) in [6.45, 7) is 8.74. The van der Waals surface area contributed by atoms with Crippen molar-refractivity contribution in [3.05, 3.63) is 58.1 Å². The van der Waals surface area contributed by atoms with Gasteiger partial charge in [0.1, 0.15) is 0 Å². The number of amides is 2. The number of carbonyl (C=O) groups excluding carboxylic acids is 1. The van der Waals surface area contributed by atoms with Crippen molar-refractivity contribution in [2.24, 2.45) is 5.92 Å². The van der Waals surface area contributed by atoms with Crippen LogP contribution in [0, 0.1) is 5.92 Å². The second-order valence-electron chi connectivity index (χ2n) is 13.4. The lowest BCUT2D eigenvalue weighted by Gasteiger charge is -2.43. The van der Waals surface area contributed by atoms with E-state index in [1.807, 2.05) is 23.1 Å². The van der Waals surface area contributed by atoms with Gasteiger partial charge in [0.15, 0.2) is 0 Å². The number of carbonyl (C=O) groups is 1. The second kappa shape index (κ2) is 14.1. The van der Waals surface area contributed by atoms with Crippen molar-refractivity contribution in [3.63, 3.8) is 0 Å². The van der Waals surface area contributed by atoms with Crippen molar-refractivity contribution in [1.29, 1.82) is 0 Å². The Balaban J connectivity index is 1.06. The molecule has 2 amide bonds. The van der Waals surface area contributed by atoms with Crippen LogP contribution < -0.4 is 11.1 Å². The SMILES string of the molecule is Nc1c(Cl)cc(CC(CCN2CCC(N3CCc4ccccc4NC3=O)CC2)CN2CCC(N3CCC3)CC2)cc1C(F)(F)F. The predicted octanol–water partition coefficient (Wildman–Crippen LogP) is 6.21. The molecule has 7 nitrogen and oxygen atoms in total. The lowest BCUT2D eigenvalue weighted by atomic mass is 9.92. The first-order chi connectivity index (χ1) is 21.6. The number of nitrogens with one attached hydrogen (secondary N) is 1. The maximum absolute atomic E-state index is 13.7. The number of nitrogens with zero attached hydrogens (tertiary/aromatic N) is 4. The summed E-state index contributed by atoms with van der Waals surface area (Å²) in [5.41, 5.74) is 7.16. The summed E-state index contributed by atoms with van der Waals surface area (Å²) in [7, 11) is 0. The number of nitrogen functional groups attached to an aromatic ring is 1. The molecule has 4 aliphatic rings. The quantitative estimate of drug-likeness (QED) is 0.317. The van der Waals surface area contributed by atoms with Crippen LogP contribution in [0.2, 0.25) is 5.02 Å². The minimum absolute atomic E-state index is 0.0169. The highest BCUT2D eigenvalue weighted by Gasteiger charge is 2.35. The highest BCUT2D eigenvalue weighted by molar-refractivity contribution is 6.33.